The zero-order chi connectivity index (χ0) is 12.7. The maximum atomic E-state index is 5.93. The smallest absolute Gasteiger partial charge is 0.240 e. The number of aromatic nitrogens is 2. The van der Waals surface area contributed by atoms with Gasteiger partial charge < -0.3 is 10.3 Å². The Bertz CT molecular complexity index is 397. The first kappa shape index (κ1) is 15.4. The maximum absolute atomic E-state index is 5.93. The average Bonchev–Trinajstić information content (AvgIpc) is 2.74. The minimum absolute atomic E-state index is 0. The Morgan fingerprint density at radius 2 is 2.11 bits per heavy atom. The average molecular weight is 275 g/mol. The summed E-state index contributed by atoms with van der Waals surface area (Å²) in [5.41, 5.74) is 5.62. The van der Waals surface area contributed by atoms with E-state index < -0.39 is 5.54 Å². The predicted molar refractivity (Wildman–Crippen MR) is 72.5 cm³/mol. The van der Waals surface area contributed by atoms with Gasteiger partial charge in [-0.25, -0.2) is 0 Å². The molecule has 2 rings (SSSR count). The second kappa shape index (κ2) is 5.15. The van der Waals surface area contributed by atoms with Crippen LogP contribution in [0.4, 0.5) is 0 Å². The molecule has 0 radical (unpaired) electrons. The highest BCUT2D eigenvalue weighted by Crippen LogP contribution is 2.29. The molecule has 0 spiro atoms. The maximum Gasteiger partial charge on any atom is 0.240 e. The number of rotatable bonds is 3. The molecule has 2 heterocycles. The first-order chi connectivity index (χ1) is 7.79. The molecular formula is C12H23ClN4O. The van der Waals surface area contributed by atoms with E-state index in [9.17, 15) is 0 Å². The summed E-state index contributed by atoms with van der Waals surface area (Å²) >= 11 is 0. The SMILES string of the molecule is CC(C)(N)c1noc(CN2CCCC2(C)C)n1.Cl. The third-order valence-corrected chi connectivity index (χ3v) is 3.44. The Balaban J connectivity index is 0.00000162. The predicted octanol–water partition coefficient (Wildman–Crippen LogP) is 2.06. The summed E-state index contributed by atoms with van der Waals surface area (Å²) in [7, 11) is 0. The van der Waals surface area contributed by atoms with Crippen LogP contribution in [0.25, 0.3) is 0 Å². The molecule has 1 aromatic rings. The first-order valence-corrected chi connectivity index (χ1v) is 6.16. The fourth-order valence-corrected chi connectivity index (χ4v) is 2.20. The van der Waals surface area contributed by atoms with Crippen LogP contribution in [-0.4, -0.2) is 27.1 Å². The van der Waals surface area contributed by atoms with E-state index in [1.807, 2.05) is 13.8 Å². The van der Waals surface area contributed by atoms with Gasteiger partial charge in [0.2, 0.25) is 5.89 Å². The zero-order valence-electron chi connectivity index (χ0n) is 11.6. The number of nitrogens with two attached hydrogens (primary N) is 1. The Morgan fingerprint density at radius 1 is 1.44 bits per heavy atom. The van der Waals surface area contributed by atoms with E-state index in [2.05, 4.69) is 28.9 Å². The van der Waals surface area contributed by atoms with Crippen molar-refractivity contribution in [3.05, 3.63) is 11.7 Å². The highest BCUT2D eigenvalue weighted by molar-refractivity contribution is 5.85. The van der Waals surface area contributed by atoms with Crippen LogP contribution in [0.15, 0.2) is 4.52 Å². The van der Waals surface area contributed by atoms with Crippen LogP contribution in [0.5, 0.6) is 0 Å². The molecule has 18 heavy (non-hydrogen) atoms. The summed E-state index contributed by atoms with van der Waals surface area (Å²) in [5.74, 6) is 1.23. The molecule has 1 aromatic heterocycles. The van der Waals surface area contributed by atoms with Crippen molar-refractivity contribution < 1.29 is 4.52 Å². The lowest BCUT2D eigenvalue weighted by molar-refractivity contribution is 0.146. The summed E-state index contributed by atoms with van der Waals surface area (Å²) < 4.78 is 5.26. The number of halogens is 1. The molecule has 0 aliphatic carbocycles. The molecule has 5 nitrogen and oxygen atoms in total. The molecular weight excluding hydrogens is 252 g/mol. The van der Waals surface area contributed by atoms with Gasteiger partial charge in [-0.05, 0) is 47.1 Å². The molecule has 0 amide bonds. The fraction of sp³-hybridized carbons (Fsp3) is 0.833. The Morgan fingerprint density at radius 3 is 2.56 bits per heavy atom. The lowest BCUT2D eigenvalue weighted by Crippen LogP contribution is -2.37. The number of hydrogen-bond acceptors (Lipinski definition) is 5. The standard InChI is InChI=1S/C12H22N4O.ClH/c1-11(2)6-5-7-16(11)8-9-14-10(15-17-9)12(3,4)13;/h5-8,13H2,1-4H3;1H. The van der Waals surface area contributed by atoms with Crippen LogP contribution in [-0.2, 0) is 12.1 Å². The lowest BCUT2D eigenvalue weighted by Gasteiger charge is -2.29. The zero-order valence-corrected chi connectivity index (χ0v) is 12.4. The van der Waals surface area contributed by atoms with Crippen molar-refractivity contribution in [1.29, 1.82) is 0 Å². The second-order valence-electron chi connectivity index (χ2n) is 6.07. The van der Waals surface area contributed by atoms with E-state index >= 15 is 0 Å². The van der Waals surface area contributed by atoms with Gasteiger partial charge in [-0.2, -0.15) is 4.98 Å². The van der Waals surface area contributed by atoms with Gasteiger partial charge in [0, 0.05) is 5.54 Å². The monoisotopic (exact) mass is 274 g/mol. The number of hydrogen-bond donors (Lipinski definition) is 1. The van der Waals surface area contributed by atoms with Gasteiger partial charge in [0.15, 0.2) is 5.82 Å². The van der Waals surface area contributed by atoms with E-state index in [1.165, 1.54) is 12.8 Å². The van der Waals surface area contributed by atoms with Gasteiger partial charge in [-0.15, -0.1) is 12.4 Å². The molecule has 1 aliphatic rings. The summed E-state index contributed by atoms with van der Waals surface area (Å²) in [6.07, 6.45) is 2.45. The van der Waals surface area contributed by atoms with Crippen molar-refractivity contribution in [2.75, 3.05) is 6.54 Å². The highest BCUT2D eigenvalue weighted by atomic mass is 35.5. The Labute approximate surface area is 115 Å². The van der Waals surface area contributed by atoms with E-state index in [-0.39, 0.29) is 17.9 Å². The van der Waals surface area contributed by atoms with Gasteiger partial charge in [-0.3, -0.25) is 4.90 Å². The molecule has 0 unspecified atom stereocenters. The van der Waals surface area contributed by atoms with Crippen LogP contribution in [0.3, 0.4) is 0 Å². The number of nitrogens with zero attached hydrogens (tertiary/aromatic N) is 3. The van der Waals surface area contributed by atoms with Crippen molar-refractivity contribution in [3.63, 3.8) is 0 Å². The van der Waals surface area contributed by atoms with Crippen molar-refractivity contribution in [1.82, 2.24) is 15.0 Å². The molecule has 104 valence electrons. The van der Waals surface area contributed by atoms with Crippen molar-refractivity contribution in [3.8, 4) is 0 Å². The molecule has 0 atom stereocenters. The fourth-order valence-electron chi connectivity index (χ4n) is 2.20. The highest BCUT2D eigenvalue weighted by Gasteiger charge is 2.33. The third kappa shape index (κ3) is 3.22. The Hall–Kier alpha value is -0.650. The summed E-state index contributed by atoms with van der Waals surface area (Å²) in [6, 6.07) is 0. The van der Waals surface area contributed by atoms with Crippen molar-refractivity contribution >= 4 is 12.4 Å². The van der Waals surface area contributed by atoms with Gasteiger partial charge in [0.1, 0.15) is 0 Å². The van der Waals surface area contributed by atoms with Gasteiger partial charge in [0.05, 0.1) is 12.1 Å². The normalized spacial score (nSPS) is 19.8. The number of likely N-dealkylation sites (tertiary alicyclic amines) is 1. The first-order valence-electron chi connectivity index (χ1n) is 6.16. The molecule has 2 N–H and O–H groups in total. The van der Waals surface area contributed by atoms with E-state index in [4.69, 9.17) is 10.3 Å². The largest absolute Gasteiger partial charge is 0.338 e. The molecule has 1 saturated heterocycles. The van der Waals surface area contributed by atoms with Crippen LogP contribution >= 0.6 is 12.4 Å². The molecule has 0 bridgehead atoms. The second-order valence-corrected chi connectivity index (χ2v) is 6.07. The van der Waals surface area contributed by atoms with Crippen LogP contribution in [0.1, 0.15) is 52.3 Å². The third-order valence-electron chi connectivity index (χ3n) is 3.44. The van der Waals surface area contributed by atoms with Crippen molar-refractivity contribution in [2.45, 2.75) is 58.2 Å². The van der Waals surface area contributed by atoms with Crippen LogP contribution in [0.2, 0.25) is 0 Å². The summed E-state index contributed by atoms with van der Waals surface area (Å²) in [6.45, 7) is 10.1. The lowest BCUT2D eigenvalue weighted by atomic mass is 10.0. The summed E-state index contributed by atoms with van der Waals surface area (Å²) in [4.78, 5) is 6.75. The van der Waals surface area contributed by atoms with Crippen LogP contribution < -0.4 is 5.73 Å². The van der Waals surface area contributed by atoms with Gasteiger partial charge in [0.25, 0.3) is 0 Å². The van der Waals surface area contributed by atoms with E-state index in [0.29, 0.717) is 11.7 Å². The molecule has 0 aromatic carbocycles. The minimum atomic E-state index is -0.539. The topological polar surface area (TPSA) is 68.2 Å². The van der Waals surface area contributed by atoms with Gasteiger partial charge >= 0.3 is 0 Å². The molecule has 1 fully saturated rings. The quantitative estimate of drug-likeness (QED) is 0.914. The van der Waals surface area contributed by atoms with Crippen molar-refractivity contribution in [2.24, 2.45) is 5.73 Å². The molecule has 6 heteroatoms. The molecule has 1 aliphatic heterocycles. The Kier molecular flexibility index (Phi) is 4.41. The van der Waals surface area contributed by atoms with E-state index in [1.54, 1.807) is 0 Å². The van der Waals surface area contributed by atoms with Gasteiger partial charge in [-0.1, -0.05) is 5.16 Å². The summed E-state index contributed by atoms with van der Waals surface area (Å²) in [5, 5.41) is 3.94. The minimum Gasteiger partial charge on any atom is -0.338 e. The van der Waals surface area contributed by atoms with E-state index in [0.717, 1.165) is 13.1 Å². The van der Waals surface area contributed by atoms with Crippen LogP contribution in [0, 0.1) is 0 Å². The molecule has 0 saturated carbocycles.